The van der Waals surface area contributed by atoms with Crippen molar-refractivity contribution in [3.8, 4) is 5.75 Å². The fraction of sp³-hybridized carbons (Fsp3) is 0.462. The highest BCUT2D eigenvalue weighted by atomic mass is 19.1. The normalized spacial score (nSPS) is 11.1. The van der Waals surface area contributed by atoms with Crippen molar-refractivity contribution in [2.24, 2.45) is 0 Å². The van der Waals surface area contributed by atoms with Crippen LogP contribution in [0.5, 0.6) is 5.75 Å². The monoisotopic (exact) mass is 240 g/mol. The van der Waals surface area contributed by atoms with E-state index in [9.17, 15) is 9.18 Å². The Morgan fingerprint density at radius 3 is 2.53 bits per heavy atom. The van der Waals surface area contributed by atoms with Gasteiger partial charge in [0.2, 0.25) is 0 Å². The molecule has 0 bridgehead atoms. The third kappa shape index (κ3) is 2.75. The number of ether oxygens (including phenoxy) is 2. The lowest BCUT2D eigenvalue weighted by Gasteiger charge is -2.23. The van der Waals surface area contributed by atoms with Gasteiger partial charge in [0.05, 0.1) is 19.1 Å². The number of benzene rings is 1. The van der Waals surface area contributed by atoms with E-state index in [0.29, 0.717) is 12.2 Å². The summed E-state index contributed by atoms with van der Waals surface area (Å²) in [4.78, 5) is 11.8. The van der Waals surface area contributed by atoms with E-state index < -0.39 is 11.2 Å². The van der Waals surface area contributed by atoms with Crippen LogP contribution in [0, 0.1) is 5.82 Å². The van der Waals surface area contributed by atoms with Gasteiger partial charge in [-0.15, -0.1) is 0 Å². The summed E-state index contributed by atoms with van der Waals surface area (Å²) in [6.07, 6.45) is 0. The van der Waals surface area contributed by atoms with Gasteiger partial charge >= 0.3 is 5.97 Å². The van der Waals surface area contributed by atoms with E-state index in [1.54, 1.807) is 26.8 Å². The minimum atomic E-state index is -0.872. The summed E-state index contributed by atoms with van der Waals surface area (Å²) < 4.78 is 23.3. The van der Waals surface area contributed by atoms with Gasteiger partial charge in [-0.25, -0.2) is 4.39 Å². The summed E-state index contributed by atoms with van der Waals surface area (Å²) in [6.45, 7) is 5.45. The Balaban J connectivity index is 3.07. The van der Waals surface area contributed by atoms with Gasteiger partial charge in [-0.2, -0.15) is 0 Å². The Morgan fingerprint density at radius 1 is 1.41 bits per heavy atom. The van der Waals surface area contributed by atoms with Gasteiger partial charge in [-0.3, -0.25) is 4.79 Å². The van der Waals surface area contributed by atoms with Gasteiger partial charge in [0.15, 0.2) is 11.6 Å². The van der Waals surface area contributed by atoms with E-state index in [-0.39, 0.29) is 11.7 Å². The first kappa shape index (κ1) is 13.5. The Morgan fingerprint density at radius 2 is 2.06 bits per heavy atom. The molecule has 0 aliphatic heterocycles. The van der Waals surface area contributed by atoms with Crippen molar-refractivity contribution in [1.82, 2.24) is 0 Å². The first-order chi connectivity index (χ1) is 7.93. The maximum atomic E-state index is 13.6. The van der Waals surface area contributed by atoms with Gasteiger partial charge < -0.3 is 9.47 Å². The molecule has 4 heteroatoms. The second-order valence-corrected chi connectivity index (χ2v) is 4.19. The Kier molecular flexibility index (Phi) is 4.10. The predicted octanol–water partition coefficient (Wildman–Crippen LogP) is 2.68. The first-order valence-electron chi connectivity index (χ1n) is 5.44. The molecule has 0 unspecified atom stereocenters. The van der Waals surface area contributed by atoms with E-state index in [1.165, 1.54) is 19.2 Å². The first-order valence-corrected chi connectivity index (χ1v) is 5.44. The van der Waals surface area contributed by atoms with E-state index in [4.69, 9.17) is 9.47 Å². The van der Waals surface area contributed by atoms with Crippen LogP contribution in [0.3, 0.4) is 0 Å². The fourth-order valence-electron chi connectivity index (χ4n) is 1.48. The molecule has 0 aliphatic carbocycles. The van der Waals surface area contributed by atoms with Crippen LogP contribution < -0.4 is 4.74 Å². The minimum absolute atomic E-state index is 0.161. The molecule has 0 fully saturated rings. The van der Waals surface area contributed by atoms with Crippen molar-refractivity contribution in [3.05, 3.63) is 29.6 Å². The molecule has 0 spiro atoms. The van der Waals surface area contributed by atoms with Crippen LogP contribution in [0.25, 0.3) is 0 Å². The van der Waals surface area contributed by atoms with Gasteiger partial charge in [0.25, 0.3) is 0 Å². The number of carbonyl (C=O) groups is 1. The standard InChI is InChI=1S/C13H17FO3/c1-5-17-12(15)13(2,3)9-6-7-11(16-4)10(14)8-9/h6-8H,5H2,1-4H3. The smallest absolute Gasteiger partial charge is 0.315 e. The van der Waals surface area contributed by atoms with Crippen molar-refractivity contribution >= 4 is 5.97 Å². The van der Waals surface area contributed by atoms with E-state index in [2.05, 4.69) is 0 Å². The summed E-state index contributed by atoms with van der Waals surface area (Å²) >= 11 is 0. The molecule has 1 aromatic rings. The van der Waals surface area contributed by atoms with Crippen LogP contribution in [0.1, 0.15) is 26.3 Å². The molecular weight excluding hydrogens is 223 g/mol. The second-order valence-electron chi connectivity index (χ2n) is 4.19. The zero-order chi connectivity index (χ0) is 13.1. The quantitative estimate of drug-likeness (QED) is 0.759. The number of hydrogen-bond acceptors (Lipinski definition) is 3. The van der Waals surface area contributed by atoms with Crippen LogP contribution in [0.4, 0.5) is 4.39 Å². The SMILES string of the molecule is CCOC(=O)C(C)(C)c1ccc(OC)c(F)c1. The number of rotatable bonds is 4. The number of methoxy groups -OCH3 is 1. The number of halogens is 1. The zero-order valence-corrected chi connectivity index (χ0v) is 10.5. The molecule has 1 aromatic carbocycles. The summed E-state index contributed by atoms with van der Waals surface area (Å²) in [7, 11) is 1.40. The number of carbonyl (C=O) groups excluding carboxylic acids is 1. The third-order valence-corrected chi connectivity index (χ3v) is 2.66. The van der Waals surface area contributed by atoms with Crippen LogP contribution in [-0.2, 0) is 14.9 Å². The molecule has 0 aliphatic rings. The van der Waals surface area contributed by atoms with Crippen LogP contribution >= 0.6 is 0 Å². The fourth-order valence-corrected chi connectivity index (χ4v) is 1.48. The molecule has 0 saturated carbocycles. The van der Waals surface area contributed by atoms with E-state index in [1.807, 2.05) is 0 Å². The number of hydrogen-bond donors (Lipinski definition) is 0. The molecule has 0 aromatic heterocycles. The van der Waals surface area contributed by atoms with Crippen molar-refractivity contribution < 1.29 is 18.7 Å². The second kappa shape index (κ2) is 5.17. The lowest BCUT2D eigenvalue weighted by molar-refractivity contribution is -0.148. The average Bonchev–Trinajstić information content (AvgIpc) is 2.29. The topological polar surface area (TPSA) is 35.5 Å². The van der Waals surface area contributed by atoms with Gasteiger partial charge in [-0.05, 0) is 38.5 Å². The highest BCUT2D eigenvalue weighted by Gasteiger charge is 2.32. The molecule has 94 valence electrons. The van der Waals surface area contributed by atoms with Gasteiger partial charge in [0.1, 0.15) is 0 Å². The average molecular weight is 240 g/mol. The zero-order valence-electron chi connectivity index (χ0n) is 10.5. The molecule has 0 amide bonds. The minimum Gasteiger partial charge on any atom is -0.494 e. The highest BCUT2D eigenvalue weighted by molar-refractivity contribution is 5.82. The molecule has 0 heterocycles. The molecule has 0 radical (unpaired) electrons. The largest absolute Gasteiger partial charge is 0.494 e. The van der Waals surface area contributed by atoms with Gasteiger partial charge in [-0.1, -0.05) is 6.07 Å². The van der Waals surface area contributed by atoms with Crippen LogP contribution in [-0.4, -0.2) is 19.7 Å². The number of esters is 1. The molecular formula is C13H17FO3. The summed E-state index contributed by atoms with van der Waals surface area (Å²) in [5.74, 6) is -0.694. The third-order valence-electron chi connectivity index (χ3n) is 2.66. The van der Waals surface area contributed by atoms with Crippen LogP contribution in [0.2, 0.25) is 0 Å². The molecule has 0 saturated heterocycles. The molecule has 17 heavy (non-hydrogen) atoms. The highest BCUT2D eigenvalue weighted by Crippen LogP contribution is 2.28. The summed E-state index contributed by atoms with van der Waals surface area (Å²) in [5, 5.41) is 0. The lowest BCUT2D eigenvalue weighted by Crippen LogP contribution is -2.31. The van der Waals surface area contributed by atoms with Crippen molar-refractivity contribution in [2.75, 3.05) is 13.7 Å². The molecule has 1 rings (SSSR count). The summed E-state index contributed by atoms with van der Waals surface area (Å²) in [5.41, 5.74) is -0.308. The van der Waals surface area contributed by atoms with E-state index >= 15 is 0 Å². The molecule has 3 nitrogen and oxygen atoms in total. The molecule has 0 N–H and O–H groups in total. The summed E-state index contributed by atoms with van der Waals surface area (Å²) in [6, 6.07) is 4.47. The van der Waals surface area contributed by atoms with Crippen molar-refractivity contribution in [1.29, 1.82) is 0 Å². The Bertz CT molecular complexity index is 413. The van der Waals surface area contributed by atoms with Crippen molar-refractivity contribution in [2.45, 2.75) is 26.2 Å². The predicted molar refractivity (Wildman–Crippen MR) is 62.6 cm³/mol. The van der Waals surface area contributed by atoms with Gasteiger partial charge in [0, 0.05) is 0 Å². The van der Waals surface area contributed by atoms with Crippen LogP contribution in [0.15, 0.2) is 18.2 Å². The lowest BCUT2D eigenvalue weighted by atomic mass is 9.84. The Hall–Kier alpha value is -1.58. The maximum Gasteiger partial charge on any atom is 0.315 e. The van der Waals surface area contributed by atoms with Crippen molar-refractivity contribution in [3.63, 3.8) is 0 Å². The molecule has 0 atom stereocenters. The maximum absolute atomic E-state index is 13.6. The Labute approximate surface area is 101 Å². The van der Waals surface area contributed by atoms with E-state index in [0.717, 1.165) is 0 Å².